The van der Waals surface area contributed by atoms with Crippen LogP contribution in [0.4, 0.5) is 10.5 Å². The quantitative estimate of drug-likeness (QED) is 0.887. The third-order valence-corrected chi connectivity index (χ3v) is 3.51. The summed E-state index contributed by atoms with van der Waals surface area (Å²) in [5.74, 6) is 0.488. The summed E-state index contributed by atoms with van der Waals surface area (Å²) in [6, 6.07) is 10.6. The van der Waals surface area contributed by atoms with Crippen LogP contribution in [0.3, 0.4) is 0 Å². The van der Waals surface area contributed by atoms with E-state index in [1.807, 2.05) is 23.1 Å². The zero-order valence-corrected chi connectivity index (χ0v) is 12.4. The van der Waals surface area contributed by atoms with Gasteiger partial charge in [0.15, 0.2) is 0 Å². The van der Waals surface area contributed by atoms with Crippen molar-refractivity contribution in [3.8, 4) is 0 Å². The summed E-state index contributed by atoms with van der Waals surface area (Å²) < 4.78 is 0. The zero-order valence-electron chi connectivity index (χ0n) is 12.4. The maximum atomic E-state index is 12.1. The van der Waals surface area contributed by atoms with Crippen molar-refractivity contribution in [2.24, 2.45) is 5.92 Å². The van der Waals surface area contributed by atoms with Crippen LogP contribution >= 0.6 is 0 Å². The van der Waals surface area contributed by atoms with E-state index in [2.05, 4.69) is 36.6 Å². The number of hydrogen-bond donors (Lipinski definition) is 2. The molecular formula is C16H25N3O. The maximum Gasteiger partial charge on any atom is 0.317 e. The minimum atomic E-state index is 0.0678. The number of rotatable bonds is 4. The van der Waals surface area contributed by atoms with Gasteiger partial charge in [0.2, 0.25) is 0 Å². The first kappa shape index (κ1) is 14.7. The molecule has 1 heterocycles. The fourth-order valence-electron chi connectivity index (χ4n) is 2.45. The Kier molecular flexibility index (Phi) is 5.27. The lowest BCUT2D eigenvalue weighted by molar-refractivity contribution is 0.181. The van der Waals surface area contributed by atoms with E-state index >= 15 is 0 Å². The van der Waals surface area contributed by atoms with E-state index in [9.17, 15) is 4.79 Å². The fraction of sp³-hybridized carbons (Fsp3) is 0.562. The van der Waals surface area contributed by atoms with Crippen molar-refractivity contribution in [2.45, 2.75) is 32.7 Å². The molecule has 0 aliphatic carbocycles. The van der Waals surface area contributed by atoms with Crippen molar-refractivity contribution in [1.82, 2.24) is 10.2 Å². The average molecular weight is 275 g/mol. The Morgan fingerprint density at radius 2 is 2.10 bits per heavy atom. The highest BCUT2D eigenvalue weighted by Gasteiger charge is 2.23. The molecule has 0 bridgehead atoms. The normalized spacial score (nSPS) is 18.9. The van der Waals surface area contributed by atoms with Gasteiger partial charge < -0.3 is 15.5 Å². The van der Waals surface area contributed by atoms with Crippen LogP contribution in [0.15, 0.2) is 30.3 Å². The number of piperidine rings is 1. The van der Waals surface area contributed by atoms with Crippen molar-refractivity contribution in [2.75, 3.05) is 25.0 Å². The van der Waals surface area contributed by atoms with Gasteiger partial charge in [0, 0.05) is 31.4 Å². The average Bonchev–Trinajstić information content (AvgIpc) is 2.46. The SMILES string of the molecule is CC(C)CNC(=O)N1CCCC(Nc2ccccc2)C1. The number of amides is 2. The molecule has 1 fully saturated rings. The highest BCUT2D eigenvalue weighted by molar-refractivity contribution is 5.74. The van der Waals surface area contributed by atoms with Crippen molar-refractivity contribution >= 4 is 11.7 Å². The number of nitrogens with zero attached hydrogens (tertiary/aromatic N) is 1. The van der Waals surface area contributed by atoms with Crippen LogP contribution in [0.25, 0.3) is 0 Å². The summed E-state index contributed by atoms with van der Waals surface area (Å²) in [4.78, 5) is 14.0. The Morgan fingerprint density at radius 3 is 2.80 bits per heavy atom. The number of urea groups is 1. The first-order chi connectivity index (χ1) is 9.65. The zero-order chi connectivity index (χ0) is 14.4. The molecule has 1 saturated heterocycles. The molecule has 2 amide bonds. The standard InChI is InChI=1S/C16H25N3O/c1-13(2)11-17-16(20)19-10-6-9-15(12-19)18-14-7-4-3-5-8-14/h3-5,7-8,13,15,18H,6,9-12H2,1-2H3,(H,17,20). The number of para-hydroxylation sites is 1. The van der Waals surface area contributed by atoms with E-state index in [1.165, 1.54) is 0 Å². The van der Waals surface area contributed by atoms with E-state index in [-0.39, 0.29) is 6.03 Å². The fourth-order valence-corrected chi connectivity index (χ4v) is 2.45. The van der Waals surface area contributed by atoms with E-state index < -0.39 is 0 Å². The van der Waals surface area contributed by atoms with Crippen LogP contribution in [-0.2, 0) is 0 Å². The molecule has 2 N–H and O–H groups in total. The van der Waals surface area contributed by atoms with Gasteiger partial charge in [-0.25, -0.2) is 4.79 Å². The van der Waals surface area contributed by atoms with Crippen molar-refractivity contribution in [1.29, 1.82) is 0 Å². The van der Waals surface area contributed by atoms with Crippen molar-refractivity contribution < 1.29 is 4.79 Å². The number of anilines is 1. The molecule has 4 heteroatoms. The van der Waals surface area contributed by atoms with Gasteiger partial charge in [-0.15, -0.1) is 0 Å². The van der Waals surface area contributed by atoms with Gasteiger partial charge in [-0.05, 0) is 30.9 Å². The molecule has 1 aromatic carbocycles. The monoisotopic (exact) mass is 275 g/mol. The molecule has 1 unspecified atom stereocenters. The summed E-state index contributed by atoms with van der Waals surface area (Å²) in [5, 5.41) is 6.50. The molecule has 20 heavy (non-hydrogen) atoms. The van der Waals surface area contributed by atoms with Gasteiger partial charge in [0.05, 0.1) is 0 Å². The van der Waals surface area contributed by atoms with Crippen molar-refractivity contribution in [3.05, 3.63) is 30.3 Å². The Morgan fingerprint density at radius 1 is 1.35 bits per heavy atom. The van der Waals surface area contributed by atoms with Gasteiger partial charge in [-0.3, -0.25) is 0 Å². The summed E-state index contributed by atoms with van der Waals surface area (Å²) in [7, 11) is 0. The van der Waals surface area contributed by atoms with Gasteiger partial charge >= 0.3 is 6.03 Å². The molecule has 0 radical (unpaired) electrons. The summed E-state index contributed by atoms with van der Waals surface area (Å²) in [6.45, 7) is 6.59. The molecule has 0 aromatic heterocycles. The minimum absolute atomic E-state index is 0.0678. The molecule has 1 atom stereocenters. The van der Waals surface area contributed by atoms with Gasteiger partial charge in [0.1, 0.15) is 0 Å². The molecule has 1 aliphatic rings. The predicted octanol–water partition coefficient (Wildman–Crippen LogP) is 2.93. The van der Waals surface area contributed by atoms with Gasteiger partial charge in [-0.2, -0.15) is 0 Å². The highest BCUT2D eigenvalue weighted by atomic mass is 16.2. The number of benzene rings is 1. The second kappa shape index (κ2) is 7.17. The highest BCUT2D eigenvalue weighted by Crippen LogP contribution is 2.15. The van der Waals surface area contributed by atoms with E-state index in [0.717, 1.165) is 38.2 Å². The molecule has 0 spiro atoms. The minimum Gasteiger partial charge on any atom is -0.381 e. The third kappa shape index (κ3) is 4.44. The van der Waals surface area contributed by atoms with Crippen molar-refractivity contribution in [3.63, 3.8) is 0 Å². The van der Waals surface area contributed by atoms with Crippen LogP contribution < -0.4 is 10.6 Å². The predicted molar refractivity (Wildman–Crippen MR) is 82.9 cm³/mol. The lowest BCUT2D eigenvalue weighted by Crippen LogP contribution is -2.49. The second-order valence-corrected chi connectivity index (χ2v) is 5.88. The summed E-state index contributed by atoms with van der Waals surface area (Å²) in [6.07, 6.45) is 2.17. The molecule has 0 saturated carbocycles. The van der Waals surface area contributed by atoms with Crippen LogP contribution in [0.1, 0.15) is 26.7 Å². The third-order valence-electron chi connectivity index (χ3n) is 3.51. The molecule has 2 rings (SSSR count). The Bertz CT molecular complexity index is 419. The number of likely N-dealkylation sites (tertiary alicyclic amines) is 1. The largest absolute Gasteiger partial charge is 0.381 e. The van der Waals surface area contributed by atoms with E-state index in [0.29, 0.717) is 12.0 Å². The first-order valence-electron chi connectivity index (χ1n) is 7.49. The maximum absolute atomic E-state index is 12.1. The summed E-state index contributed by atoms with van der Waals surface area (Å²) in [5.41, 5.74) is 1.13. The van der Waals surface area contributed by atoms with E-state index in [4.69, 9.17) is 0 Å². The molecule has 1 aromatic rings. The molecule has 1 aliphatic heterocycles. The molecular weight excluding hydrogens is 250 g/mol. The van der Waals surface area contributed by atoms with Crippen LogP contribution in [0.2, 0.25) is 0 Å². The molecule has 4 nitrogen and oxygen atoms in total. The number of hydrogen-bond acceptors (Lipinski definition) is 2. The number of nitrogens with one attached hydrogen (secondary N) is 2. The number of carbonyl (C=O) groups excluding carboxylic acids is 1. The first-order valence-corrected chi connectivity index (χ1v) is 7.49. The van der Waals surface area contributed by atoms with Gasteiger partial charge in [-0.1, -0.05) is 32.0 Å². The van der Waals surface area contributed by atoms with E-state index in [1.54, 1.807) is 0 Å². The number of carbonyl (C=O) groups is 1. The second-order valence-electron chi connectivity index (χ2n) is 5.88. The van der Waals surface area contributed by atoms with Crippen LogP contribution in [0.5, 0.6) is 0 Å². The molecule has 110 valence electrons. The van der Waals surface area contributed by atoms with Crippen LogP contribution in [-0.4, -0.2) is 36.6 Å². The Balaban J connectivity index is 1.83. The lowest BCUT2D eigenvalue weighted by Gasteiger charge is -2.33. The topological polar surface area (TPSA) is 44.4 Å². The smallest absolute Gasteiger partial charge is 0.317 e. The lowest BCUT2D eigenvalue weighted by atomic mass is 10.1. The Labute approximate surface area is 121 Å². The van der Waals surface area contributed by atoms with Gasteiger partial charge in [0.25, 0.3) is 0 Å². The summed E-state index contributed by atoms with van der Waals surface area (Å²) >= 11 is 0. The van der Waals surface area contributed by atoms with Crippen LogP contribution in [0, 0.1) is 5.92 Å². The Hall–Kier alpha value is -1.71.